The van der Waals surface area contributed by atoms with E-state index < -0.39 is 0 Å². The molecule has 0 aliphatic heterocycles. The van der Waals surface area contributed by atoms with E-state index in [9.17, 15) is 4.39 Å². The number of hydrogen-bond donors (Lipinski definition) is 1. The van der Waals surface area contributed by atoms with E-state index in [1.165, 1.54) is 10.8 Å². The first-order chi connectivity index (χ1) is 9.74. The van der Waals surface area contributed by atoms with Crippen molar-refractivity contribution in [3.8, 4) is 0 Å². The highest BCUT2D eigenvalue weighted by Crippen LogP contribution is 2.22. The number of nitrogens with one attached hydrogen (secondary N) is 1. The highest BCUT2D eigenvalue weighted by atomic mass is 32.1. The van der Waals surface area contributed by atoms with E-state index in [-0.39, 0.29) is 11.9 Å². The van der Waals surface area contributed by atoms with Gasteiger partial charge in [0.2, 0.25) is 0 Å². The zero-order valence-corrected chi connectivity index (χ0v) is 12.0. The second-order valence-electron chi connectivity index (χ2n) is 4.70. The van der Waals surface area contributed by atoms with E-state index in [0.717, 1.165) is 10.5 Å². The molecule has 0 unspecified atom stereocenters. The summed E-state index contributed by atoms with van der Waals surface area (Å²) in [6.45, 7) is 2.61. The van der Waals surface area contributed by atoms with Crippen molar-refractivity contribution in [1.29, 1.82) is 0 Å². The number of aromatic nitrogens is 1. The van der Waals surface area contributed by atoms with Gasteiger partial charge in [0.25, 0.3) is 0 Å². The maximum absolute atomic E-state index is 13.7. The molecule has 20 heavy (non-hydrogen) atoms. The fourth-order valence-corrected chi connectivity index (χ4v) is 3.09. The van der Waals surface area contributed by atoms with Crippen LogP contribution in [0, 0.1) is 5.82 Å². The lowest BCUT2D eigenvalue weighted by molar-refractivity contribution is 0.528. The molecule has 3 aromatic rings. The number of para-hydroxylation sites is 1. The van der Waals surface area contributed by atoms with Crippen LogP contribution in [-0.2, 0) is 6.54 Å². The Hall–Kier alpha value is -1.78. The summed E-state index contributed by atoms with van der Waals surface area (Å²) < 4.78 is 14.9. The molecule has 3 rings (SSSR count). The van der Waals surface area contributed by atoms with Crippen LogP contribution in [0.2, 0.25) is 0 Å². The number of halogens is 1. The Balaban J connectivity index is 1.71. The van der Waals surface area contributed by atoms with Crippen LogP contribution in [0.5, 0.6) is 0 Å². The van der Waals surface area contributed by atoms with Gasteiger partial charge in [-0.3, -0.25) is 0 Å². The van der Waals surface area contributed by atoms with Gasteiger partial charge in [-0.1, -0.05) is 30.3 Å². The van der Waals surface area contributed by atoms with Gasteiger partial charge in [0.15, 0.2) is 0 Å². The molecule has 1 aromatic heterocycles. The Kier molecular flexibility index (Phi) is 3.76. The summed E-state index contributed by atoms with van der Waals surface area (Å²) in [5, 5.41) is 4.35. The predicted molar refractivity (Wildman–Crippen MR) is 81.3 cm³/mol. The van der Waals surface area contributed by atoms with Gasteiger partial charge in [0.1, 0.15) is 10.8 Å². The fourth-order valence-electron chi connectivity index (χ4n) is 2.17. The lowest BCUT2D eigenvalue weighted by Crippen LogP contribution is -2.18. The minimum Gasteiger partial charge on any atom is -0.304 e. The zero-order chi connectivity index (χ0) is 13.9. The fraction of sp³-hybridized carbons (Fsp3) is 0.188. The Morgan fingerprint density at radius 3 is 2.70 bits per heavy atom. The van der Waals surface area contributed by atoms with Crippen molar-refractivity contribution in [3.63, 3.8) is 0 Å². The van der Waals surface area contributed by atoms with Gasteiger partial charge in [0, 0.05) is 18.2 Å². The molecule has 0 saturated heterocycles. The lowest BCUT2D eigenvalue weighted by Gasteiger charge is -2.13. The molecule has 2 aromatic carbocycles. The van der Waals surface area contributed by atoms with Gasteiger partial charge in [-0.25, -0.2) is 9.37 Å². The third kappa shape index (κ3) is 2.71. The number of hydrogen-bond acceptors (Lipinski definition) is 3. The zero-order valence-electron chi connectivity index (χ0n) is 11.1. The van der Waals surface area contributed by atoms with Crippen LogP contribution in [0.1, 0.15) is 23.5 Å². The first-order valence-electron chi connectivity index (χ1n) is 6.56. The normalized spacial score (nSPS) is 12.7. The second kappa shape index (κ2) is 5.69. The average Bonchev–Trinajstić information content (AvgIpc) is 2.88. The summed E-state index contributed by atoms with van der Waals surface area (Å²) in [7, 11) is 0. The van der Waals surface area contributed by atoms with Gasteiger partial charge in [-0.2, -0.15) is 0 Å². The summed E-state index contributed by atoms with van der Waals surface area (Å²) in [5.74, 6) is -0.170. The SMILES string of the molecule is C[C@H](NCc1nc2ccccc2s1)c1ccccc1F. The molecule has 0 fully saturated rings. The average molecular weight is 286 g/mol. The summed E-state index contributed by atoms with van der Waals surface area (Å²) in [4.78, 5) is 4.56. The van der Waals surface area contributed by atoms with Crippen molar-refractivity contribution in [1.82, 2.24) is 10.3 Å². The maximum Gasteiger partial charge on any atom is 0.127 e. The molecular formula is C16H15FN2S. The predicted octanol–water partition coefficient (Wildman–Crippen LogP) is 4.29. The summed E-state index contributed by atoms with van der Waals surface area (Å²) >= 11 is 1.67. The molecule has 0 amide bonds. The molecule has 0 aliphatic rings. The largest absolute Gasteiger partial charge is 0.304 e. The highest BCUT2D eigenvalue weighted by molar-refractivity contribution is 7.18. The van der Waals surface area contributed by atoms with Crippen LogP contribution in [0.3, 0.4) is 0 Å². The smallest absolute Gasteiger partial charge is 0.127 e. The van der Waals surface area contributed by atoms with E-state index in [2.05, 4.69) is 16.4 Å². The number of benzene rings is 2. The number of fused-ring (bicyclic) bond motifs is 1. The Labute approximate surface area is 121 Å². The van der Waals surface area contributed by atoms with E-state index in [4.69, 9.17) is 0 Å². The molecule has 0 bridgehead atoms. The number of nitrogens with zero attached hydrogens (tertiary/aromatic N) is 1. The molecule has 1 heterocycles. The van der Waals surface area contributed by atoms with Gasteiger partial charge >= 0.3 is 0 Å². The van der Waals surface area contributed by atoms with Gasteiger partial charge < -0.3 is 5.32 Å². The molecule has 0 radical (unpaired) electrons. The van der Waals surface area contributed by atoms with Crippen LogP contribution >= 0.6 is 11.3 Å². The van der Waals surface area contributed by atoms with Crippen LogP contribution < -0.4 is 5.32 Å². The molecule has 0 spiro atoms. The van der Waals surface area contributed by atoms with Crippen molar-refractivity contribution in [2.45, 2.75) is 19.5 Å². The lowest BCUT2D eigenvalue weighted by atomic mass is 10.1. The van der Waals surface area contributed by atoms with Crippen molar-refractivity contribution in [2.24, 2.45) is 0 Å². The molecule has 1 N–H and O–H groups in total. The molecule has 102 valence electrons. The topological polar surface area (TPSA) is 24.9 Å². The van der Waals surface area contributed by atoms with Crippen LogP contribution in [0.4, 0.5) is 4.39 Å². The highest BCUT2D eigenvalue weighted by Gasteiger charge is 2.10. The van der Waals surface area contributed by atoms with Crippen LogP contribution in [0.25, 0.3) is 10.2 Å². The van der Waals surface area contributed by atoms with Crippen molar-refractivity contribution in [3.05, 3.63) is 64.9 Å². The molecule has 4 heteroatoms. The molecule has 0 saturated carbocycles. The van der Waals surface area contributed by atoms with E-state index in [1.54, 1.807) is 17.4 Å². The first kappa shape index (κ1) is 13.2. The third-order valence-electron chi connectivity index (χ3n) is 3.27. The summed E-state index contributed by atoms with van der Waals surface area (Å²) in [5.41, 5.74) is 1.71. The third-order valence-corrected chi connectivity index (χ3v) is 4.31. The first-order valence-corrected chi connectivity index (χ1v) is 7.38. The van der Waals surface area contributed by atoms with Crippen LogP contribution in [0.15, 0.2) is 48.5 Å². The van der Waals surface area contributed by atoms with E-state index in [1.807, 2.05) is 37.3 Å². The summed E-state index contributed by atoms with van der Waals surface area (Å²) in [6.07, 6.45) is 0. The van der Waals surface area contributed by atoms with Crippen molar-refractivity contribution >= 4 is 21.6 Å². The Bertz CT molecular complexity index is 690. The minimum atomic E-state index is -0.170. The number of thiazole rings is 1. The van der Waals surface area contributed by atoms with Crippen LogP contribution in [-0.4, -0.2) is 4.98 Å². The molecule has 1 atom stereocenters. The summed E-state index contributed by atoms with van der Waals surface area (Å²) in [6, 6.07) is 14.9. The Morgan fingerprint density at radius 1 is 1.15 bits per heavy atom. The minimum absolute atomic E-state index is 0.0387. The molecule has 0 aliphatic carbocycles. The molecule has 2 nitrogen and oxygen atoms in total. The van der Waals surface area contributed by atoms with Gasteiger partial charge in [-0.05, 0) is 25.1 Å². The Morgan fingerprint density at radius 2 is 1.90 bits per heavy atom. The maximum atomic E-state index is 13.7. The quantitative estimate of drug-likeness (QED) is 0.774. The van der Waals surface area contributed by atoms with E-state index in [0.29, 0.717) is 12.1 Å². The van der Waals surface area contributed by atoms with Gasteiger partial charge in [-0.15, -0.1) is 11.3 Å². The van der Waals surface area contributed by atoms with Crippen molar-refractivity contribution in [2.75, 3.05) is 0 Å². The number of rotatable bonds is 4. The second-order valence-corrected chi connectivity index (χ2v) is 5.81. The molecular weight excluding hydrogens is 271 g/mol. The van der Waals surface area contributed by atoms with Gasteiger partial charge in [0.05, 0.1) is 10.2 Å². The monoisotopic (exact) mass is 286 g/mol. The standard InChI is InChI=1S/C16H15FN2S/c1-11(12-6-2-3-7-13(12)17)18-10-16-19-14-8-4-5-9-15(14)20-16/h2-9,11,18H,10H2,1H3/t11-/m0/s1. The van der Waals surface area contributed by atoms with E-state index >= 15 is 0 Å². The van der Waals surface area contributed by atoms with Crippen molar-refractivity contribution < 1.29 is 4.39 Å².